The molecule has 1 N–H and O–H groups in total. The lowest BCUT2D eigenvalue weighted by atomic mass is 10.1. The number of nitrogens with one attached hydrogen (secondary N) is 1. The van der Waals surface area contributed by atoms with Crippen molar-refractivity contribution in [2.75, 3.05) is 25.6 Å². The van der Waals surface area contributed by atoms with E-state index in [-0.39, 0.29) is 17.7 Å². The van der Waals surface area contributed by atoms with Gasteiger partial charge in [0.05, 0.1) is 25.1 Å². The molecule has 0 aromatic carbocycles. The van der Waals surface area contributed by atoms with E-state index in [1.54, 1.807) is 0 Å². The number of esters is 1. The minimum atomic E-state index is -0.558. The van der Waals surface area contributed by atoms with Crippen LogP contribution in [0.3, 0.4) is 0 Å². The van der Waals surface area contributed by atoms with E-state index < -0.39 is 11.5 Å². The highest BCUT2D eigenvalue weighted by Crippen LogP contribution is 2.18. The Bertz CT molecular complexity index is 555. The molecular formula is C13H18ClN3O4. The summed E-state index contributed by atoms with van der Waals surface area (Å²) in [5.74, 6) is -0.558. The standard InChI is InChI=1S/C13H18ClN3O4/c1-20-11(18)8-17-13(19)12(14)10(7-16-17)15-6-9-4-2-3-5-21-9/h7,9,15H,2-6,8H2,1H3. The number of carbonyl (C=O) groups excluding carboxylic acids is 1. The van der Waals surface area contributed by atoms with E-state index >= 15 is 0 Å². The summed E-state index contributed by atoms with van der Waals surface area (Å²) in [5.41, 5.74) is -0.0893. The van der Waals surface area contributed by atoms with Gasteiger partial charge in [0, 0.05) is 13.2 Å². The molecule has 7 nitrogen and oxygen atoms in total. The van der Waals surface area contributed by atoms with Crippen molar-refractivity contribution in [3.05, 3.63) is 21.6 Å². The molecule has 1 aliphatic rings. The summed E-state index contributed by atoms with van der Waals surface area (Å²) in [7, 11) is 1.25. The van der Waals surface area contributed by atoms with E-state index in [9.17, 15) is 9.59 Å². The van der Waals surface area contributed by atoms with Gasteiger partial charge in [0.1, 0.15) is 11.6 Å². The maximum absolute atomic E-state index is 12.0. The molecule has 1 fully saturated rings. The number of ether oxygens (including phenoxy) is 2. The van der Waals surface area contributed by atoms with Crippen molar-refractivity contribution in [3.63, 3.8) is 0 Å². The predicted octanol–water partition coefficient (Wildman–Crippen LogP) is 1.05. The number of hydrogen-bond donors (Lipinski definition) is 1. The molecular weight excluding hydrogens is 298 g/mol. The number of carbonyl (C=O) groups is 1. The summed E-state index contributed by atoms with van der Waals surface area (Å²) in [4.78, 5) is 23.1. The molecule has 0 radical (unpaired) electrons. The normalized spacial score (nSPS) is 18.3. The first-order valence-corrected chi connectivity index (χ1v) is 7.17. The fraction of sp³-hybridized carbons (Fsp3) is 0.615. The van der Waals surface area contributed by atoms with Crippen molar-refractivity contribution in [2.24, 2.45) is 0 Å². The fourth-order valence-corrected chi connectivity index (χ4v) is 2.29. The van der Waals surface area contributed by atoms with Crippen molar-refractivity contribution in [1.82, 2.24) is 9.78 Å². The van der Waals surface area contributed by atoms with Crippen LogP contribution in [0.5, 0.6) is 0 Å². The highest BCUT2D eigenvalue weighted by molar-refractivity contribution is 6.32. The molecule has 21 heavy (non-hydrogen) atoms. The molecule has 1 atom stereocenters. The maximum Gasteiger partial charge on any atom is 0.327 e. The molecule has 2 rings (SSSR count). The molecule has 0 aliphatic carbocycles. The van der Waals surface area contributed by atoms with Crippen LogP contribution in [0.2, 0.25) is 5.02 Å². The van der Waals surface area contributed by atoms with Gasteiger partial charge in [-0.2, -0.15) is 5.10 Å². The van der Waals surface area contributed by atoms with Crippen LogP contribution >= 0.6 is 11.6 Å². The average molecular weight is 316 g/mol. The quantitative estimate of drug-likeness (QED) is 0.818. The highest BCUT2D eigenvalue weighted by Gasteiger charge is 2.16. The molecule has 1 saturated heterocycles. The Morgan fingerprint density at radius 1 is 1.62 bits per heavy atom. The number of anilines is 1. The van der Waals surface area contributed by atoms with Crippen LogP contribution in [0, 0.1) is 0 Å². The van der Waals surface area contributed by atoms with Crippen LogP contribution in [-0.4, -0.2) is 42.1 Å². The summed E-state index contributed by atoms with van der Waals surface area (Å²) in [6.07, 6.45) is 4.75. The topological polar surface area (TPSA) is 82.5 Å². The van der Waals surface area contributed by atoms with Crippen LogP contribution in [0.25, 0.3) is 0 Å². The van der Waals surface area contributed by atoms with Gasteiger partial charge in [-0.15, -0.1) is 0 Å². The molecule has 1 aromatic heterocycles. The molecule has 1 aliphatic heterocycles. The number of aromatic nitrogens is 2. The van der Waals surface area contributed by atoms with E-state index in [1.807, 2.05) is 0 Å². The Morgan fingerprint density at radius 2 is 2.43 bits per heavy atom. The smallest absolute Gasteiger partial charge is 0.327 e. The van der Waals surface area contributed by atoms with Crippen LogP contribution in [0.15, 0.2) is 11.0 Å². The number of hydrogen-bond acceptors (Lipinski definition) is 6. The molecule has 0 bridgehead atoms. The summed E-state index contributed by atoms with van der Waals surface area (Å²) >= 11 is 6.01. The number of methoxy groups -OCH3 is 1. The van der Waals surface area contributed by atoms with Gasteiger partial charge in [-0.1, -0.05) is 11.6 Å². The van der Waals surface area contributed by atoms with E-state index in [0.29, 0.717) is 12.2 Å². The Hall–Kier alpha value is -1.60. The van der Waals surface area contributed by atoms with Crippen molar-refractivity contribution in [1.29, 1.82) is 0 Å². The zero-order valence-corrected chi connectivity index (χ0v) is 12.6. The Kier molecular flexibility index (Phi) is 5.58. The van der Waals surface area contributed by atoms with Crippen molar-refractivity contribution in [2.45, 2.75) is 31.9 Å². The minimum absolute atomic E-state index is 0.00436. The molecule has 8 heteroatoms. The van der Waals surface area contributed by atoms with E-state index in [1.165, 1.54) is 13.3 Å². The van der Waals surface area contributed by atoms with Crippen LogP contribution in [0.4, 0.5) is 5.69 Å². The summed E-state index contributed by atoms with van der Waals surface area (Å²) < 4.78 is 11.1. The summed E-state index contributed by atoms with van der Waals surface area (Å²) in [5, 5.41) is 6.98. The lowest BCUT2D eigenvalue weighted by Crippen LogP contribution is -2.30. The molecule has 116 valence electrons. The minimum Gasteiger partial charge on any atom is -0.468 e. The maximum atomic E-state index is 12.0. The Balaban J connectivity index is 2.02. The zero-order valence-electron chi connectivity index (χ0n) is 11.8. The molecule has 1 unspecified atom stereocenters. The second-order valence-electron chi connectivity index (χ2n) is 4.78. The first-order valence-electron chi connectivity index (χ1n) is 6.79. The second kappa shape index (κ2) is 7.42. The largest absolute Gasteiger partial charge is 0.468 e. The number of rotatable bonds is 5. The molecule has 0 saturated carbocycles. The number of nitrogens with zero attached hydrogens (tertiary/aromatic N) is 2. The summed E-state index contributed by atoms with van der Waals surface area (Å²) in [6.45, 7) is 1.07. The van der Waals surface area contributed by atoms with Gasteiger partial charge >= 0.3 is 5.97 Å². The van der Waals surface area contributed by atoms with E-state index in [2.05, 4.69) is 15.2 Å². The third kappa shape index (κ3) is 4.18. The van der Waals surface area contributed by atoms with Gasteiger partial charge in [-0.25, -0.2) is 4.68 Å². The van der Waals surface area contributed by atoms with Crippen molar-refractivity contribution >= 4 is 23.3 Å². The highest BCUT2D eigenvalue weighted by atomic mass is 35.5. The fourth-order valence-electron chi connectivity index (χ4n) is 2.08. The Morgan fingerprint density at radius 3 is 3.10 bits per heavy atom. The van der Waals surface area contributed by atoms with Gasteiger partial charge in [0.2, 0.25) is 0 Å². The lowest BCUT2D eigenvalue weighted by molar-refractivity contribution is -0.141. The molecule has 2 heterocycles. The molecule has 0 amide bonds. The Labute approximate surface area is 127 Å². The van der Waals surface area contributed by atoms with Crippen LogP contribution in [0.1, 0.15) is 19.3 Å². The van der Waals surface area contributed by atoms with Crippen molar-refractivity contribution in [3.8, 4) is 0 Å². The third-order valence-corrected chi connectivity index (χ3v) is 3.65. The van der Waals surface area contributed by atoms with Crippen LogP contribution in [-0.2, 0) is 20.8 Å². The zero-order chi connectivity index (χ0) is 15.2. The predicted molar refractivity (Wildman–Crippen MR) is 77.6 cm³/mol. The van der Waals surface area contributed by atoms with Gasteiger partial charge in [-0.05, 0) is 19.3 Å². The molecule has 0 spiro atoms. The monoisotopic (exact) mass is 315 g/mol. The van der Waals surface area contributed by atoms with E-state index in [4.69, 9.17) is 16.3 Å². The summed E-state index contributed by atoms with van der Waals surface area (Å²) in [6, 6.07) is 0. The van der Waals surface area contributed by atoms with Gasteiger partial charge < -0.3 is 14.8 Å². The lowest BCUT2D eigenvalue weighted by Gasteiger charge is -2.23. The van der Waals surface area contributed by atoms with Gasteiger partial charge in [-0.3, -0.25) is 9.59 Å². The SMILES string of the molecule is COC(=O)Cn1ncc(NCC2CCCCO2)c(Cl)c1=O. The second-order valence-corrected chi connectivity index (χ2v) is 5.16. The van der Waals surface area contributed by atoms with Crippen molar-refractivity contribution < 1.29 is 14.3 Å². The van der Waals surface area contributed by atoms with Crippen LogP contribution < -0.4 is 10.9 Å². The number of halogens is 1. The first-order chi connectivity index (χ1) is 10.1. The van der Waals surface area contributed by atoms with Gasteiger partial charge in [0.15, 0.2) is 0 Å². The van der Waals surface area contributed by atoms with Gasteiger partial charge in [0.25, 0.3) is 5.56 Å². The molecule has 1 aromatic rings. The first kappa shape index (κ1) is 15.8. The third-order valence-electron chi connectivity index (χ3n) is 3.29. The van der Waals surface area contributed by atoms with E-state index in [0.717, 1.165) is 30.6 Å². The average Bonchev–Trinajstić information content (AvgIpc) is 2.52.